The second-order valence-electron chi connectivity index (χ2n) is 6.57. The van der Waals surface area contributed by atoms with Gasteiger partial charge in [0.15, 0.2) is 0 Å². The zero-order valence-corrected chi connectivity index (χ0v) is 18.3. The van der Waals surface area contributed by atoms with Gasteiger partial charge in [-0.25, -0.2) is 4.79 Å². The predicted octanol–water partition coefficient (Wildman–Crippen LogP) is 2.56. The number of nitrogens with zero attached hydrogens (tertiary/aromatic N) is 2. The minimum atomic E-state index is -0.414. The molecule has 1 aromatic carbocycles. The third-order valence-electron chi connectivity index (χ3n) is 4.07. The van der Waals surface area contributed by atoms with Crippen molar-refractivity contribution in [3.05, 3.63) is 40.3 Å². The van der Waals surface area contributed by atoms with Gasteiger partial charge >= 0.3 is 11.9 Å². The van der Waals surface area contributed by atoms with E-state index in [1.165, 1.54) is 23.8 Å². The molecule has 1 aromatic rings. The second-order valence-corrected chi connectivity index (χ2v) is 8.25. The zero-order valence-electron chi connectivity index (χ0n) is 16.7. The van der Waals surface area contributed by atoms with Crippen LogP contribution in [0.4, 0.5) is 0 Å². The maximum atomic E-state index is 12.6. The van der Waals surface area contributed by atoms with Crippen molar-refractivity contribution in [2.45, 2.75) is 12.8 Å². The van der Waals surface area contributed by atoms with Gasteiger partial charge in [-0.1, -0.05) is 36.1 Å². The van der Waals surface area contributed by atoms with E-state index in [1.54, 1.807) is 30.3 Å². The number of hydrogen-bond acceptors (Lipinski definition) is 8. The van der Waals surface area contributed by atoms with Crippen LogP contribution in [0.2, 0.25) is 0 Å². The van der Waals surface area contributed by atoms with Gasteiger partial charge in [-0.05, 0) is 44.3 Å². The van der Waals surface area contributed by atoms with Gasteiger partial charge in [0.05, 0.1) is 17.6 Å². The highest BCUT2D eigenvalue weighted by atomic mass is 32.2. The van der Waals surface area contributed by atoms with Gasteiger partial charge in [0.25, 0.3) is 5.91 Å². The minimum absolute atomic E-state index is 0.182. The van der Waals surface area contributed by atoms with E-state index in [9.17, 15) is 14.4 Å². The van der Waals surface area contributed by atoms with Crippen molar-refractivity contribution in [3.8, 4) is 0 Å². The molecule has 0 radical (unpaired) electrons. The van der Waals surface area contributed by atoms with Gasteiger partial charge in [-0.2, -0.15) is 0 Å². The summed E-state index contributed by atoms with van der Waals surface area (Å²) in [4.78, 5) is 39.8. The summed E-state index contributed by atoms with van der Waals surface area (Å²) in [5.41, 5.74) is 1.22. The molecule has 1 aliphatic rings. The highest BCUT2D eigenvalue weighted by Crippen LogP contribution is 2.32. The molecule has 1 saturated heterocycles. The van der Waals surface area contributed by atoms with Crippen LogP contribution in [0.1, 0.15) is 28.8 Å². The third-order valence-corrected chi connectivity index (χ3v) is 5.45. The molecule has 156 valence electrons. The Balaban J connectivity index is 1.88. The summed E-state index contributed by atoms with van der Waals surface area (Å²) < 4.78 is 10.3. The molecule has 0 N–H and O–H groups in total. The lowest BCUT2D eigenvalue weighted by Gasteiger charge is -2.14. The van der Waals surface area contributed by atoms with E-state index in [0.717, 1.165) is 5.56 Å². The molecule has 7 nitrogen and oxygen atoms in total. The Hall–Kier alpha value is -2.23. The number of thiocarbonyl (C=S) groups is 1. The number of benzene rings is 1. The molecule has 0 unspecified atom stereocenters. The molecule has 2 rings (SSSR count). The van der Waals surface area contributed by atoms with Crippen molar-refractivity contribution >= 4 is 52.2 Å². The van der Waals surface area contributed by atoms with Crippen molar-refractivity contribution < 1.29 is 23.9 Å². The molecule has 29 heavy (non-hydrogen) atoms. The van der Waals surface area contributed by atoms with E-state index in [-0.39, 0.29) is 18.3 Å². The fourth-order valence-corrected chi connectivity index (χ4v) is 3.78. The number of carbonyl (C=O) groups excluding carboxylic acids is 3. The minimum Gasteiger partial charge on any atom is -0.465 e. The average Bonchev–Trinajstić information content (AvgIpc) is 2.95. The molecule has 0 aliphatic carbocycles. The summed E-state index contributed by atoms with van der Waals surface area (Å²) in [6.45, 7) is 1.39. The molecular weight excluding hydrogens is 412 g/mol. The Morgan fingerprint density at radius 2 is 1.93 bits per heavy atom. The first-order valence-electron chi connectivity index (χ1n) is 9.06. The highest BCUT2D eigenvalue weighted by molar-refractivity contribution is 8.26. The number of hydrogen-bond donors (Lipinski definition) is 0. The van der Waals surface area contributed by atoms with Crippen molar-refractivity contribution in [1.29, 1.82) is 0 Å². The molecule has 0 spiro atoms. The van der Waals surface area contributed by atoms with E-state index in [4.69, 9.17) is 17.0 Å². The first kappa shape index (κ1) is 23.1. The summed E-state index contributed by atoms with van der Waals surface area (Å²) in [5, 5.41) is 0. The monoisotopic (exact) mass is 436 g/mol. The van der Waals surface area contributed by atoms with Crippen molar-refractivity contribution in [1.82, 2.24) is 9.80 Å². The zero-order chi connectivity index (χ0) is 21.4. The number of esters is 2. The Morgan fingerprint density at radius 1 is 1.24 bits per heavy atom. The first-order chi connectivity index (χ1) is 13.8. The van der Waals surface area contributed by atoms with Crippen LogP contribution in [-0.4, -0.2) is 72.9 Å². The number of amides is 1. The molecule has 1 fully saturated rings. The Kier molecular flexibility index (Phi) is 8.81. The number of rotatable bonds is 9. The molecule has 0 aromatic heterocycles. The SMILES string of the molecule is COC(=O)c1ccc(C=C2SC(=S)N(CCCC(=O)OCCN(C)C)C2=O)cc1. The topological polar surface area (TPSA) is 76.2 Å². The normalized spacial score (nSPS) is 15.3. The van der Waals surface area contributed by atoms with Crippen LogP contribution in [0.5, 0.6) is 0 Å². The Morgan fingerprint density at radius 3 is 2.55 bits per heavy atom. The second kappa shape index (κ2) is 11.1. The maximum absolute atomic E-state index is 12.6. The van der Waals surface area contributed by atoms with Crippen LogP contribution in [0.15, 0.2) is 29.2 Å². The summed E-state index contributed by atoms with van der Waals surface area (Å²) in [7, 11) is 5.14. The predicted molar refractivity (Wildman–Crippen MR) is 116 cm³/mol. The van der Waals surface area contributed by atoms with E-state index < -0.39 is 5.97 Å². The van der Waals surface area contributed by atoms with E-state index in [2.05, 4.69) is 4.74 Å². The fraction of sp³-hybridized carbons (Fsp3) is 0.400. The molecule has 0 bridgehead atoms. The lowest BCUT2D eigenvalue weighted by Crippen LogP contribution is -2.29. The lowest BCUT2D eigenvalue weighted by atomic mass is 10.1. The van der Waals surface area contributed by atoms with Crippen LogP contribution in [0, 0.1) is 0 Å². The number of ether oxygens (including phenoxy) is 2. The molecule has 1 amide bonds. The van der Waals surface area contributed by atoms with Crippen LogP contribution in [0.25, 0.3) is 6.08 Å². The molecule has 9 heteroatoms. The van der Waals surface area contributed by atoms with Crippen molar-refractivity contribution in [2.24, 2.45) is 0 Å². The van der Waals surface area contributed by atoms with E-state index in [1.807, 2.05) is 19.0 Å². The smallest absolute Gasteiger partial charge is 0.337 e. The van der Waals surface area contributed by atoms with Crippen LogP contribution < -0.4 is 0 Å². The number of likely N-dealkylation sites (N-methyl/N-ethyl adjacent to an activating group) is 1. The summed E-state index contributed by atoms with van der Waals surface area (Å²) in [5.74, 6) is -0.875. The summed E-state index contributed by atoms with van der Waals surface area (Å²) >= 11 is 6.53. The summed E-state index contributed by atoms with van der Waals surface area (Å²) in [6, 6.07) is 6.76. The number of carbonyl (C=O) groups is 3. The van der Waals surface area contributed by atoms with Crippen molar-refractivity contribution in [2.75, 3.05) is 40.9 Å². The largest absolute Gasteiger partial charge is 0.465 e. The Bertz CT molecular complexity index is 806. The maximum Gasteiger partial charge on any atom is 0.337 e. The summed E-state index contributed by atoms with van der Waals surface area (Å²) in [6.07, 6.45) is 2.45. The molecule has 1 aliphatic heterocycles. The highest BCUT2D eigenvalue weighted by Gasteiger charge is 2.31. The Labute approximate surface area is 180 Å². The fourth-order valence-electron chi connectivity index (χ4n) is 2.47. The van der Waals surface area contributed by atoms with Gasteiger partial charge < -0.3 is 14.4 Å². The van der Waals surface area contributed by atoms with Crippen LogP contribution in [-0.2, 0) is 19.1 Å². The number of thioether (sulfide) groups is 1. The van der Waals surface area contributed by atoms with E-state index in [0.29, 0.717) is 40.9 Å². The quantitative estimate of drug-likeness (QED) is 0.332. The van der Waals surface area contributed by atoms with E-state index >= 15 is 0 Å². The average molecular weight is 437 g/mol. The van der Waals surface area contributed by atoms with Gasteiger partial charge in [0.2, 0.25) is 0 Å². The molecule has 0 saturated carbocycles. The van der Waals surface area contributed by atoms with Gasteiger partial charge in [-0.3, -0.25) is 14.5 Å². The standard InChI is InChI=1S/C20H24N2O5S2/c1-21(2)11-12-27-17(23)5-4-10-22-18(24)16(29-20(22)28)13-14-6-8-15(9-7-14)19(25)26-3/h6-9,13H,4-5,10-12H2,1-3H3. The van der Waals surface area contributed by atoms with Crippen LogP contribution in [0.3, 0.4) is 0 Å². The molecule has 1 heterocycles. The number of methoxy groups -OCH3 is 1. The van der Waals surface area contributed by atoms with Gasteiger partial charge in [0.1, 0.15) is 10.9 Å². The van der Waals surface area contributed by atoms with Crippen molar-refractivity contribution in [3.63, 3.8) is 0 Å². The first-order valence-corrected chi connectivity index (χ1v) is 10.3. The van der Waals surface area contributed by atoms with Gasteiger partial charge in [0, 0.05) is 19.5 Å². The van der Waals surface area contributed by atoms with Crippen LogP contribution >= 0.6 is 24.0 Å². The van der Waals surface area contributed by atoms with Gasteiger partial charge in [-0.15, -0.1) is 0 Å². The molecular formula is C20H24N2O5S2. The molecule has 0 atom stereocenters. The third kappa shape index (κ3) is 6.95. The lowest BCUT2D eigenvalue weighted by molar-refractivity contribution is -0.144.